The standard InChI is InChI=1S/C10H22O4.C4H10O2/c1-8(11)5-13-10(3)7-14-9(2)6-12-4;1-5-3-4-6-2/h8-11H,5-7H2,1-4H3;3-4H2,1-2H3. The summed E-state index contributed by atoms with van der Waals surface area (Å²) in [6.45, 7) is 8.41. The second-order valence-electron chi connectivity index (χ2n) is 4.58. The lowest BCUT2D eigenvalue weighted by atomic mass is 10.4. The number of aliphatic hydroxyl groups excluding tert-OH is 1. The van der Waals surface area contributed by atoms with Crippen molar-refractivity contribution in [3.8, 4) is 0 Å². The number of hydrogen-bond donors (Lipinski definition) is 1. The summed E-state index contributed by atoms with van der Waals surface area (Å²) in [6.07, 6.45) is -0.338. The van der Waals surface area contributed by atoms with Crippen LogP contribution in [0.15, 0.2) is 0 Å². The summed E-state index contributed by atoms with van der Waals surface area (Å²) in [6, 6.07) is 0. The van der Waals surface area contributed by atoms with Crippen LogP contribution in [0.25, 0.3) is 0 Å². The second kappa shape index (κ2) is 16.8. The van der Waals surface area contributed by atoms with Gasteiger partial charge in [-0.25, -0.2) is 0 Å². The first-order valence-corrected chi connectivity index (χ1v) is 6.85. The van der Waals surface area contributed by atoms with Crippen LogP contribution >= 0.6 is 0 Å². The molecule has 0 fully saturated rings. The van der Waals surface area contributed by atoms with Crippen molar-refractivity contribution in [3.05, 3.63) is 0 Å². The largest absolute Gasteiger partial charge is 0.391 e. The zero-order valence-electron chi connectivity index (χ0n) is 13.8. The fourth-order valence-corrected chi connectivity index (χ4v) is 1.10. The minimum absolute atomic E-state index is 0.00362. The normalized spacial score (nSPS) is 15.2. The molecule has 3 atom stereocenters. The minimum Gasteiger partial charge on any atom is -0.391 e. The molecule has 20 heavy (non-hydrogen) atoms. The summed E-state index contributed by atoms with van der Waals surface area (Å²) in [5.74, 6) is 0. The lowest BCUT2D eigenvalue weighted by Gasteiger charge is -2.17. The highest BCUT2D eigenvalue weighted by molar-refractivity contribution is 4.53. The van der Waals surface area contributed by atoms with Crippen molar-refractivity contribution in [1.29, 1.82) is 0 Å². The molecule has 0 saturated heterocycles. The molecule has 6 heteroatoms. The quantitative estimate of drug-likeness (QED) is 0.576. The fraction of sp³-hybridized carbons (Fsp3) is 1.00. The van der Waals surface area contributed by atoms with Crippen molar-refractivity contribution in [2.45, 2.75) is 39.1 Å². The maximum absolute atomic E-state index is 8.98. The monoisotopic (exact) mass is 296 g/mol. The van der Waals surface area contributed by atoms with E-state index in [1.807, 2.05) is 13.8 Å². The van der Waals surface area contributed by atoms with Crippen molar-refractivity contribution < 1.29 is 28.8 Å². The SMILES string of the molecule is COCC(C)OCC(C)OCC(C)O.COCCOC. The zero-order chi connectivity index (χ0) is 15.8. The molecule has 0 aliphatic heterocycles. The Morgan fingerprint density at radius 3 is 1.55 bits per heavy atom. The predicted octanol–water partition coefficient (Wildman–Crippen LogP) is 1.10. The molecular weight excluding hydrogens is 264 g/mol. The van der Waals surface area contributed by atoms with Gasteiger partial charge in [0.15, 0.2) is 0 Å². The van der Waals surface area contributed by atoms with Gasteiger partial charge in [-0.3, -0.25) is 0 Å². The van der Waals surface area contributed by atoms with Crippen molar-refractivity contribution in [2.75, 3.05) is 54.4 Å². The van der Waals surface area contributed by atoms with Crippen molar-refractivity contribution in [2.24, 2.45) is 0 Å². The topological polar surface area (TPSA) is 66.4 Å². The molecule has 0 aromatic rings. The van der Waals surface area contributed by atoms with Gasteiger partial charge >= 0.3 is 0 Å². The average Bonchev–Trinajstić information content (AvgIpc) is 2.41. The van der Waals surface area contributed by atoms with E-state index in [0.29, 0.717) is 33.0 Å². The molecule has 0 saturated carbocycles. The molecule has 0 aliphatic carbocycles. The van der Waals surface area contributed by atoms with Gasteiger partial charge in [-0.2, -0.15) is 0 Å². The van der Waals surface area contributed by atoms with Crippen molar-refractivity contribution >= 4 is 0 Å². The first-order valence-electron chi connectivity index (χ1n) is 6.85. The molecule has 0 rings (SSSR count). The van der Waals surface area contributed by atoms with E-state index in [9.17, 15) is 0 Å². The molecule has 0 aromatic carbocycles. The van der Waals surface area contributed by atoms with E-state index in [0.717, 1.165) is 0 Å². The second-order valence-corrected chi connectivity index (χ2v) is 4.58. The predicted molar refractivity (Wildman–Crippen MR) is 78.1 cm³/mol. The Balaban J connectivity index is 0. The molecule has 3 unspecified atom stereocenters. The fourth-order valence-electron chi connectivity index (χ4n) is 1.10. The smallest absolute Gasteiger partial charge is 0.0781 e. The lowest BCUT2D eigenvalue weighted by Crippen LogP contribution is -2.25. The summed E-state index contributed by atoms with van der Waals surface area (Å²) in [5.41, 5.74) is 0. The molecule has 0 amide bonds. The van der Waals surface area contributed by atoms with E-state index in [-0.39, 0.29) is 12.2 Å². The number of ether oxygens (including phenoxy) is 5. The summed E-state index contributed by atoms with van der Waals surface area (Å²) in [7, 11) is 4.95. The van der Waals surface area contributed by atoms with E-state index in [4.69, 9.17) is 19.3 Å². The Hall–Kier alpha value is -0.240. The Labute approximate surface area is 123 Å². The number of hydrogen-bond acceptors (Lipinski definition) is 6. The van der Waals surface area contributed by atoms with Gasteiger partial charge in [0.2, 0.25) is 0 Å². The summed E-state index contributed by atoms with van der Waals surface area (Å²) in [4.78, 5) is 0. The van der Waals surface area contributed by atoms with E-state index < -0.39 is 6.10 Å². The van der Waals surface area contributed by atoms with Gasteiger partial charge in [-0.15, -0.1) is 0 Å². The molecule has 0 radical (unpaired) electrons. The van der Waals surface area contributed by atoms with Gasteiger partial charge in [-0.05, 0) is 20.8 Å². The first-order chi connectivity index (χ1) is 9.47. The van der Waals surface area contributed by atoms with Crippen LogP contribution in [0.5, 0.6) is 0 Å². The van der Waals surface area contributed by atoms with Crippen LogP contribution in [0.1, 0.15) is 20.8 Å². The third-order valence-corrected chi connectivity index (χ3v) is 2.13. The first kappa shape index (κ1) is 22.0. The summed E-state index contributed by atoms with van der Waals surface area (Å²) < 4.78 is 25.0. The highest BCUT2D eigenvalue weighted by atomic mass is 16.6. The molecular formula is C14H32O6. The van der Waals surface area contributed by atoms with Gasteiger partial charge in [-0.1, -0.05) is 0 Å². The molecule has 0 bridgehead atoms. The van der Waals surface area contributed by atoms with E-state index >= 15 is 0 Å². The molecule has 0 aliphatic rings. The molecule has 0 heterocycles. The molecule has 0 aromatic heterocycles. The summed E-state index contributed by atoms with van der Waals surface area (Å²) >= 11 is 0. The Morgan fingerprint density at radius 1 is 0.700 bits per heavy atom. The Morgan fingerprint density at radius 2 is 1.15 bits per heavy atom. The van der Waals surface area contributed by atoms with Gasteiger partial charge in [0, 0.05) is 21.3 Å². The number of methoxy groups -OCH3 is 3. The van der Waals surface area contributed by atoms with Gasteiger partial charge in [0.25, 0.3) is 0 Å². The zero-order valence-corrected chi connectivity index (χ0v) is 13.8. The number of rotatable bonds is 11. The van der Waals surface area contributed by atoms with E-state index in [1.165, 1.54) is 0 Å². The average molecular weight is 296 g/mol. The minimum atomic E-state index is -0.422. The van der Waals surface area contributed by atoms with E-state index in [1.54, 1.807) is 28.3 Å². The highest BCUT2D eigenvalue weighted by Crippen LogP contribution is 1.98. The Bertz CT molecular complexity index is 173. The lowest BCUT2D eigenvalue weighted by molar-refractivity contribution is -0.0657. The molecule has 0 spiro atoms. The number of aliphatic hydroxyl groups is 1. The van der Waals surface area contributed by atoms with Gasteiger partial charge < -0.3 is 28.8 Å². The third kappa shape index (κ3) is 20.1. The highest BCUT2D eigenvalue weighted by Gasteiger charge is 2.07. The van der Waals surface area contributed by atoms with Crippen LogP contribution in [0.3, 0.4) is 0 Å². The van der Waals surface area contributed by atoms with Crippen LogP contribution in [0.2, 0.25) is 0 Å². The van der Waals surface area contributed by atoms with Crippen LogP contribution in [0, 0.1) is 0 Å². The molecule has 1 N–H and O–H groups in total. The maximum Gasteiger partial charge on any atom is 0.0781 e. The third-order valence-electron chi connectivity index (χ3n) is 2.13. The molecule has 6 nitrogen and oxygen atoms in total. The molecule has 124 valence electrons. The van der Waals surface area contributed by atoms with Crippen LogP contribution in [0.4, 0.5) is 0 Å². The van der Waals surface area contributed by atoms with Crippen LogP contribution in [-0.4, -0.2) is 77.8 Å². The van der Waals surface area contributed by atoms with Crippen LogP contribution < -0.4 is 0 Å². The van der Waals surface area contributed by atoms with E-state index in [2.05, 4.69) is 9.47 Å². The maximum atomic E-state index is 8.98. The summed E-state index contributed by atoms with van der Waals surface area (Å²) in [5, 5.41) is 8.98. The van der Waals surface area contributed by atoms with Crippen LogP contribution in [-0.2, 0) is 23.7 Å². The van der Waals surface area contributed by atoms with Crippen molar-refractivity contribution in [3.63, 3.8) is 0 Å². The Kier molecular flexibility index (Phi) is 18.5. The van der Waals surface area contributed by atoms with Gasteiger partial charge in [0.05, 0.1) is 51.3 Å². The van der Waals surface area contributed by atoms with Crippen molar-refractivity contribution in [1.82, 2.24) is 0 Å². The van der Waals surface area contributed by atoms with Gasteiger partial charge in [0.1, 0.15) is 0 Å².